The third-order valence-electron chi connectivity index (χ3n) is 12.7. The average Bonchev–Trinajstić information content (AvgIpc) is 3.38. The van der Waals surface area contributed by atoms with E-state index in [1.54, 1.807) is 48.5 Å². The number of carbonyl (C=O) groups excluding carboxylic acids is 1. The lowest BCUT2D eigenvalue weighted by Crippen LogP contribution is -2.65. The van der Waals surface area contributed by atoms with Gasteiger partial charge in [0.25, 0.3) is 0 Å². The van der Waals surface area contributed by atoms with Gasteiger partial charge >= 0.3 is 18.2 Å². The number of allylic oxidation sites excluding steroid dienone is 1. The highest BCUT2D eigenvalue weighted by Crippen LogP contribution is 2.71. The van der Waals surface area contributed by atoms with E-state index in [0.29, 0.717) is 49.3 Å². The predicted octanol–water partition coefficient (Wildman–Crippen LogP) is 8.51. The topological polar surface area (TPSA) is 97.3 Å². The maximum atomic E-state index is 15.4. The molecule has 0 unspecified atom stereocenters. The van der Waals surface area contributed by atoms with Crippen LogP contribution in [0.5, 0.6) is 0 Å². The Hall–Kier alpha value is -3.50. The van der Waals surface area contributed by atoms with Crippen LogP contribution in [0, 0.1) is 34.5 Å². The van der Waals surface area contributed by atoms with Gasteiger partial charge in [-0.3, -0.25) is 5.32 Å². The molecule has 53 heavy (non-hydrogen) atoms. The molecule has 7 nitrogen and oxygen atoms in total. The summed E-state index contributed by atoms with van der Waals surface area (Å²) in [6.45, 7) is 6.23. The minimum Gasteiger partial charge on any atom is -0.436 e. The van der Waals surface area contributed by atoms with Crippen molar-refractivity contribution >= 4 is 11.8 Å². The third-order valence-corrected chi connectivity index (χ3v) is 12.7. The Morgan fingerprint density at radius 2 is 1.62 bits per heavy atom. The second-order valence-electron chi connectivity index (χ2n) is 16.7. The van der Waals surface area contributed by atoms with Gasteiger partial charge in [0.15, 0.2) is 12.4 Å². The van der Waals surface area contributed by atoms with Crippen molar-refractivity contribution in [2.45, 2.75) is 107 Å². The highest BCUT2D eigenvalue weighted by molar-refractivity contribution is 5.84. The van der Waals surface area contributed by atoms with Gasteiger partial charge in [-0.05, 0) is 85.8 Å². The number of halogens is 5. The number of alkyl halides is 5. The molecule has 3 N–H and O–H groups in total. The predicted molar refractivity (Wildman–Crippen MR) is 186 cm³/mol. The van der Waals surface area contributed by atoms with Gasteiger partial charge < -0.3 is 24.4 Å². The zero-order valence-electron chi connectivity index (χ0n) is 30.1. The van der Waals surface area contributed by atoms with Crippen LogP contribution < -0.4 is 5.32 Å². The van der Waals surface area contributed by atoms with Gasteiger partial charge in [0.05, 0.1) is 18.8 Å². The van der Waals surface area contributed by atoms with Crippen molar-refractivity contribution in [2.75, 3.05) is 25.1 Å². The number of fused-ring (bicyclic) bond motifs is 4. The Kier molecular flexibility index (Phi) is 9.32. The van der Waals surface area contributed by atoms with Gasteiger partial charge in [-0.25, -0.2) is 4.79 Å². The van der Waals surface area contributed by atoms with Gasteiger partial charge in [0.2, 0.25) is 0 Å². The number of carbonyl (C=O) groups is 1. The van der Waals surface area contributed by atoms with Gasteiger partial charge in [0, 0.05) is 40.8 Å². The van der Waals surface area contributed by atoms with Gasteiger partial charge in [-0.2, -0.15) is 22.0 Å². The van der Waals surface area contributed by atoms with E-state index in [1.165, 1.54) is 6.92 Å². The number of hydrogen-bond acceptors (Lipinski definition) is 6. The lowest BCUT2D eigenvalue weighted by atomic mass is 9.49. The molecule has 1 aliphatic heterocycles. The number of nitrogens with one attached hydrogen (secondary N) is 1. The number of para-hydroxylation sites is 1. The SMILES string of the molecule is CC1(C)COC2(CCC3=C4[C@@H](CC[C@@]3(O)C2)[C@@H]2CC[C@@](O)(C(F)(F)C(F)(F)F)[C@@]2(C)C[C@@H]4c2ccc(C#CCOC(=O)Nc3ccccc3)cc2)OC1. The third kappa shape index (κ3) is 6.45. The summed E-state index contributed by atoms with van der Waals surface area (Å²) in [6.07, 6.45) is -5.69. The summed E-state index contributed by atoms with van der Waals surface area (Å²) in [5.41, 5.74) is -3.09. The fourth-order valence-corrected chi connectivity index (χ4v) is 10.0. The molecule has 3 saturated carbocycles. The Morgan fingerprint density at radius 3 is 2.28 bits per heavy atom. The number of rotatable bonds is 4. The van der Waals surface area contributed by atoms with Crippen LogP contribution >= 0.6 is 0 Å². The molecule has 5 aliphatic rings. The first-order chi connectivity index (χ1) is 24.8. The Morgan fingerprint density at radius 1 is 0.943 bits per heavy atom. The molecule has 1 spiro atoms. The van der Waals surface area contributed by atoms with Crippen LogP contribution in [0.1, 0.15) is 89.2 Å². The van der Waals surface area contributed by atoms with E-state index in [-0.39, 0.29) is 37.7 Å². The molecular formula is C41H46F5NO6. The van der Waals surface area contributed by atoms with E-state index < -0.39 is 64.8 Å². The quantitative estimate of drug-likeness (QED) is 0.165. The van der Waals surface area contributed by atoms with Crippen molar-refractivity contribution in [3.63, 3.8) is 0 Å². The average molecular weight is 744 g/mol. The molecule has 0 aromatic heterocycles. The Bertz CT molecular complexity index is 1810. The molecule has 6 atom stereocenters. The zero-order valence-corrected chi connectivity index (χ0v) is 30.1. The molecule has 0 bridgehead atoms. The first-order valence-electron chi connectivity index (χ1n) is 18.3. The molecule has 1 amide bonds. The van der Waals surface area contributed by atoms with Crippen LogP contribution in [-0.2, 0) is 14.2 Å². The highest BCUT2D eigenvalue weighted by atomic mass is 19.4. The van der Waals surface area contributed by atoms with Gasteiger partial charge in [-0.15, -0.1) is 0 Å². The molecule has 2 aromatic carbocycles. The van der Waals surface area contributed by atoms with E-state index in [4.69, 9.17) is 14.2 Å². The van der Waals surface area contributed by atoms with Crippen molar-refractivity contribution in [1.82, 2.24) is 0 Å². The maximum Gasteiger partial charge on any atom is 0.456 e. The standard InChI is InChI=1S/C41H46F5NO6/c1-35(2)24-52-38(53-25-35)19-16-32-33-29(15-18-37(32,49)23-38)31-17-20-39(50,40(42,43)41(44,45)46)36(31,3)22-30(33)27-13-11-26(12-14-27)8-7-21-51-34(48)47-28-9-5-4-6-10-28/h4-6,9-14,29-31,49-50H,15-25H2,1-3H3,(H,47,48)/t29-,30+,31-,36-,37+,39-/m0/s1. The van der Waals surface area contributed by atoms with E-state index in [2.05, 4.69) is 17.2 Å². The maximum absolute atomic E-state index is 15.4. The lowest BCUT2D eigenvalue weighted by molar-refractivity contribution is -0.362. The van der Waals surface area contributed by atoms with Crippen molar-refractivity contribution in [1.29, 1.82) is 0 Å². The van der Waals surface area contributed by atoms with Crippen LogP contribution in [-0.4, -0.2) is 65.2 Å². The molecule has 1 saturated heterocycles. The van der Waals surface area contributed by atoms with Gasteiger partial charge in [0.1, 0.15) is 5.60 Å². The largest absolute Gasteiger partial charge is 0.456 e. The molecule has 7 rings (SSSR count). The first kappa shape index (κ1) is 37.8. The minimum atomic E-state index is -5.93. The lowest BCUT2D eigenvalue weighted by Gasteiger charge is -2.59. The molecule has 12 heteroatoms. The second kappa shape index (κ2) is 13.1. The molecule has 4 aliphatic carbocycles. The summed E-state index contributed by atoms with van der Waals surface area (Å²) < 4.78 is 90.6. The molecule has 1 heterocycles. The monoisotopic (exact) mass is 743 g/mol. The summed E-state index contributed by atoms with van der Waals surface area (Å²) >= 11 is 0. The second-order valence-corrected chi connectivity index (χ2v) is 16.7. The minimum absolute atomic E-state index is 0.0104. The molecule has 4 fully saturated rings. The zero-order chi connectivity index (χ0) is 38.1. The Labute approximate surface area is 306 Å². The first-order valence-corrected chi connectivity index (χ1v) is 18.3. The summed E-state index contributed by atoms with van der Waals surface area (Å²) in [5, 5.41) is 26.6. The number of anilines is 1. The molecule has 0 radical (unpaired) electrons. The van der Waals surface area contributed by atoms with Crippen molar-refractivity contribution < 1.29 is 51.2 Å². The molecular weight excluding hydrogens is 697 g/mol. The number of benzene rings is 2. The van der Waals surface area contributed by atoms with Crippen LogP contribution in [0.3, 0.4) is 0 Å². The summed E-state index contributed by atoms with van der Waals surface area (Å²) in [5.74, 6) is -2.26. The van der Waals surface area contributed by atoms with Crippen molar-refractivity contribution in [3.8, 4) is 11.8 Å². The van der Waals surface area contributed by atoms with Crippen LogP contribution in [0.15, 0.2) is 65.7 Å². The molecule has 286 valence electrons. The normalized spacial score (nSPS) is 33.2. The number of hydrogen-bond donors (Lipinski definition) is 3. The van der Waals surface area contributed by atoms with Crippen LogP contribution in [0.4, 0.5) is 32.4 Å². The van der Waals surface area contributed by atoms with E-state index in [9.17, 15) is 28.2 Å². The Balaban J connectivity index is 1.20. The fourth-order valence-electron chi connectivity index (χ4n) is 10.0. The van der Waals surface area contributed by atoms with Gasteiger partial charge in [-0.1, -0.05) is 68.5 Å². The van der Waals surface area contributed by atoms with E-state index in [0.717, 1.165) is 11.1 Å². The smallest absolute Gasteiger partial charge is 0.436 e. The number of ether oxygens (including phenoxy) is 3. The number of amides is 1. The fraction of sp³-hybridized carbons (Fsp3) is 0.585. The van der Waals surface area contributed by atoms with Crippen molar-refractivity contribution in [2.24, 2.45) is 22.7 Å². The van der Waals surface area contributed by atoms with Crippen LogP contribution in [0.25, 0.3) is 0 Å². The number of aliphatic hydroxyl groups is 2. The summed E-state index contributed by atoms with van der Waals surface area (Å²) in [4.78, 5) is 12.1. The van der Waals surface area contributed by atoms with E-state index >= 15 is 8.78 Å². The van der Waals surface area contributed by atoms with Crippen molar-refractivity contribution in [3.05, 3.63) is 76.9 Å². The molecule has 2 aromatic rings. The summed E-state index contributed by atoms with van der Waals surface area (Å²) in [6, 6.07) is 15.8. The summed E-state index contributed by atoms with van der Waals surface area (Å²) in [7, 11) is 0. The highest BCUT2D eigenvalue weighted by Gasteiger charge is 2.79. The van der Waals surface area contributed by atoms with E-state index in [1.807, 2.05) is 19.9 Å². The van der Waals surface area contributed by atoms with Crippen LogP contribution in [0.2, 0.25) is 0 Å².